The lowest BCUT2D eigenvalue weighted by Crippen LogP contribution is -2.53. The molecule has 0 aromatic heterocycles. The van der Waals surface area contributed by atoms with Crippen molar-refractivity contribution >= 4 is 11.8 Å². The highest BCUT2D eigenvalue weighted by molar-refractivity contribution is 5.94. The minimum Gasteiger partial charge on any atom is -0.484 e. The first-order valence-corrected chi connectivity index (χ1v) is 8.60. The molecule has 3 rings (SSSR count). The fourth-order valence-corrected chi connectivity index (χ4v) is 4.14. The lowest BCUT2D eigenvalue weighted by molar-refractivity contribution is -0.119. The summed E-state index contributed by atoms with van der Waals surface area (Å²) in [5.41, 5.74) is 11.7. The van der Waals surface area contributed by atoms with Crippen molar-refractivity contribution in [2.75, 3.05) is 6.61 Å². The Morgan fingerprint density at radius 1 is 1.21 bits per heavy atom. The zero-order valence-electron chi connectivity index (χ0n) is 13.7. The van der Waals surface area contributed by atoms with Gasteiger partial charge in [-0.05, 0) is 55.7 Å². The maximum absolute atomic E-state index is 12.6. The number of rotatable bonds is 5. The van der Waals surface area contributed by atoms with Crippen LogP contribution in [-0.2, 0) is 4.79 Å². The molecule has 6 heteroatoms. The van der Waals surface area contributed by atoms with Gasteiger partial charge in [0.15, 0.2) is 6.61 Å². The number of hydrogen-bond donors (Lipinski definition) is 3. The van der Waals surface area contributed by atoms with Crippen molar-refractivity contribution in [3.63, 3.8) is 0 Å². The summed E-state index contributed by atoms with van der Waals surface area (Å²) in [5.74, 6) is 0.775. The van der Waals surface area contributed by atoms with Crippen LogP contribution in [0.5, 0.6) is 5.75 Å². The van der Waals surface area contributed by atoms with E-state index in [9.17, 15) is 9.59 Å². The van der Waals surface area contributed by atoms with Crippen LogP contribution in [0.25, 0.3) is 0 Å². The van der Waals surface area contributed by atoms with Gasteiger partial charge < -0.3 is 21.5 Å². The summed E-state index contributed by atoms with van der Waals surface area (Å²) in [4.78, 5) is 23.4. The molecular formula is C18H25N3O3. The number of hydrogen-bond acceptors (Lipinski definition) is 4. The normalized spacial score (nSPS) is 28.9. The third kappa shape index (κ3) is 3.87. The SMILES string of the molecule is NC(=O)COc1cccc(C(=O)NC2C3CCCC2CC(N)C3)c1. The molecule has 6 nitrogen and oxygen atoms in total. The largest absolute Gasteiger partial charge is 0.484 e. The van der Waals surface area contributed by atoms with Gasteiger partial charge in [0.25, 0.3) is 11.8 Å². The second-order valence-electron chi connectivity index (χ2n) is 6.96. The van der Waals surface area contributed by atoms with Crippen molar-refractivity contribution in [2.45, 2.75) is 44.2 Å². The van der Waals surface area contributed by atoms with Gasteiger partial charge in [0, 0.05) is 17.6 Å². The summed E-state index contributed by atoms with van der Waals surface area (Å²) in [5, 5.41) is 3.21. The van der Waals surface area contributed by atoms with Crippen LogP contribution in [0.4, 0.5) is 0 Å². The van der Waals surface area contributed by atoms with Gasteiger partial charge in [-0.25, -0.2) is 0 Å². The van der Waals surface area contributed by atoms with E-state index in [4.69, 9.17) is 16.2 Å². The summed E-state index contributed by atoms with van der Waals surface area (Å²) in [6, 6.07) is 7.30. The van der Waals surface area contributed by atoms with Crippen LogP contribution >= 0.6 is 0 Å². The van der Waals surface area contributed by atoms with E-state index in [1.165, 1.54) is 6.42 Å². The number of nitrogens with two attached hydrogens (primary N) is 2. The quantitative estimate of drug-likeness (QED) is 0.753. The Hall–Kier alpha value is -2.08. The molecule has 1 aromatic rings. The smallest absolute Gasteiger partial charge is 0.255 e. The van der Waals surface area contributed by atoms with E-state index in [0.29, 0.717) is 23.1 Å². The fourth-order valence-electron chi connectivity index (χ4n) is 4.14. The van der Waals surface area contributed by atoms with Crippen LogP contribution in [0.1, 0.15) is 42.5 Å². The number of carbonyl (C=O) groups excluding carboxylic acids is 2. The average molecular weight is 331 g/mol. The second-order valence-corrected chi connectivity index (χ2v) is 6.96. The highest BCUT2D eigenvalue weighted by Gasteiger charge is 2.39. The van der Waals surface area contributed by atoms with Crippen molar-refractivity contribution in [2.24, 2.45) is 23.3 Å². The van der Waals surface area contributed by atoms with Crippen LogP contribution < -0.4 is 21.5 Å². The minimum atomic E-state index is -0.545. The van der Waals surface area contributed by atoms with E-state index in [0.717, 1.165) is 25.7 Å². The summed E-state index contributed by atoms with van der Waals surface area (Å²) >= 11 is 0. The molecule has 0 saturated heterocycles. The summed E-state index contributed by atoms with van der Waals surface area (Å²) < 4.78 is 5.27. The van der Waals surface area contributed by atoms with Gasteiger partial charge in [-0.15, -0.1) is 0 Å². The Morgan fingerprint density at radius 2 is 1.92 bits per heavy atom. The molecule has 2 aliphatic carbocycles. The first-order valence-electron chi connectivity index (χ1n) is 8.60. The Kier molecular flexibility index (Phi) is 5.04. The minimum absolute atomic E-state index is 0.100. The van der Waals surface area contributed by atoms with Gasteiger partial charge >= 0.3 is 0 Å². The van der Waals surface area contributed by atoms with Crippen LogP contribution in [0, 0.1) is 11.8 Å². The van der Waals surface area contributed by atoms with E-state index in [1.54, 1.807) is 24.3 Å². The molecule has 0 aliphatic heterocycles. The van der Waals surface area contributed by atoms with E-state index >= 15 is 0 Å². The standard InChI is InChI=1S/C18H25N3O3/c19-14-7-11-3-1-4-12(8-14)17(11)21-18(23)13-5-2-6-15(9-13)24-10-16(20)22/h2,5-6,9,11-12,14,17H,1,3-4,7-8,10,19H2,(H2,20,22)(H,21,23). The predicted octanol–water partition coefficient (Wildman–Crippen LogP) is 1.19. The van der Waals surface area contributed by atoms with Crippen molar-refractivity contribution in [1.29, 1.82) is 0 Å². The average Bonchev–Trinajstić information content (AvgIpc) is 2.54. The predicted molar refractivity (Wildman–Crippen MR) is 90.4 cm³/mol. The van der Waals surface area contributed by atoms with Crippen LogP contribution in [0.2, 0.25) is 0 Å². The Morgan fingerprint density at radius 3 is 2.58 bits per heavy atom. The van der Waals surface area contributed by atoms with E-state index < -0.39 is 5.91 Å². The molecule has 2 saturated carbocycles. The van der Waals surface area contributed by atoms with Gasteiger partial charge in [-0.3, -0.25) is 9.59 Å². The lowest BCUT2D eigenvalue weighted by Gasteiger charge is -2.45. The molecule has 5 N–H and O–H groups in total. The Balaban J connectivity index is 1.66. The van der Waals surface area contributed by atoms with Crippen molar-refractivity contribution < 1.29 is 14.3 Å². The fraction of sp³-hybridized carbons (Fsp3) is 0.556. The summed E-state index contributed by atoms with van der Waals surface area (Å²) in [6.07, 6.45) is 5.48. The van der Waals surface area contributed by atoms with Crippen LogP contribution in [0.3, 0.4) is 0 Å². The van der Waals surface area contributed by atoms with Gasteiger partial charge in [-0.2, -0.15) is 0 Å². The van der Waals surface area contributed by atoms with E-state index in [1.807, 2.05) is 0 Å². The molecule has 2 amide bonds. The van der Waals surface area contributed by atoms with Crippen molar-refractivity contribution in [3.8, 4) is 5.75 Å². The topological polar surface area (TPSA) is 107 Å². The van der Waals surface area contributed by atoms with Gasteiger partial charge in [-0.1, -0.05) is 12.5 Å². The number of fused-ring (bicyclic) bond motifs is 2. The third-order valence-corrected chi connectivity index (χ3v) is 5.15. The number of carbonyl (C=O) groups is 2. The van der Waals surface area contributed by atoms with E-state index in [-0.39, 0.29) is 24.6 Å². The third-order valence-electron chi connectivity index (χ3n) is 5.15. The Labute approximate surface area is 141 Å². The number of benzene rings is 1. The van der Waals surface area contributed by atoms with Gasteiger partial charge in [0.2, 0.25) is 0 Å². The van der Waals surface area contributed by atoms with Crippen molar-refractivity contribution in [3.05, 3.63) is 29.8 Å². The monoisotopic (exact) mass is 331 g/mol. The number of nitrogens with one attached hydrogen (secondary N) is 1. The molecule has 0 heterocycles. The zero-order valence-corrected chi connectivity index (χ0v) is 13.7. The molecule has 0 radical (unpaired) electrons. The molecule has 2 unspecified atom stereocenters. The van der Waals surface area contributed by atoms with Gasteiger partial charge in [0.1, 0.15) is 5.75 Å². The molecule has 2 aliphatic rings. The molecule has 130 valence electrons. The van der Waals surface area contributed by atoms with Gasteiger partial charge in [0.05, 0.1) is 0 Å². The number of amides is 2. The number of ether oxygens (including phenoxy) is 1. The first-order chi connectivity index (χ1) is 11.5. The Bertz CT molecular complexity index is 605. The van der Waals surface area contributed by atoms with Crippen LogP contribution in [0.15, 0.2) is 24.3 Å². The molecule has 2 bridgehead atoms. The lowest BCUT2D eigenvalue weighted by atomic mass is 9.67. The second kappa shape index (κ2) is 7.21. The van der Waals surface area contributed by atoms with Crippen LogP contribution in [-0.4, -0.2) is 30.5 Å². The number of primary amides is 1. The molecule has 24 heavy (non-hydrogen) atoms. The first kappa shape index (κ1) is 16.8. The summed E-state index contributed by atoms with van der Waals surface area (Å²) in [6.45, 7) is -0.199. The molecule has 0 spiro atoms. The molecule has 2 fully saturated rings. The van der Waals surface area contributed by atoms with Crippen molar-refractivity contribution in [1.82, 2.24) is 5.32 Å². The maximum Gasteiger partial charge on any atom is 0.255 e. The zero-order chi connectivity index (χ0) is 17.1. The van der Waals surface area contributed by atoms with E-state index in [2.05, 4.69) is 5.32 Å². The molecular weight excluding hydrogens is 306 g/mol. The maximum atomic E-state index is 12.6. The molecule has 1 aromatic carbocycles. The highest BCUT2D eigenvalue weighted by Crippen LogP contribution is 2.39. The summed E-state index contributed by atoms with van der Waals surface area (Å²) in [7, 11) is 0. The highest BCUT2D eigenvalue weighted by atomic mass is 16.5. The molecule has 2 atom stereocenters.